The van der Waals surface area contributed by atoms with E-state index in [1.54, 1.807) is 11.3 Å². The lowest BCUT2D eigenvalue weighted by molar-refractivity contribution is 0.0985. The lowest BCUT2D eigenvalue weighted by Gasteiger charge is -2.16. The van der Waals surface area contributed by atoms with E-state index in [2.05, 4.69) is 11.1 Å². The Hall–Kier alpha value is -2.07. The number of para-hydroxylation sites is 1. The van der Waals surface area contributed by atoms with Gasteiger partial charge in [-0.3, -0.25) is 4.79 Å². The van der Waals surface area contributed by atoms with Crippen molar-refractivity contribution in [2.24, 2.45) is 0 Å². The van der Waals surface area contributed by atoms with Crippen molar-refractivity contribution in [3.05, 3.63) is 53.0 Å². The van der Waals surface area contributed by atoms with Gasteiger partial charge in [0.15, 0.2) is 0 Å². The topological polar surface area (TPSA) is 36.1 Å². The molecule has 4 rings (SSSR count). The fourth-order valence-corrected chi connectivity index (χ4v) is 3.44. The van der Waals surface area contributed by atoms with E-state index >= 15 is 0 Å². The number of hydrogen-bond donors (Lipinski definition) is 1. The molecule has 0 fully saturated rings. The molecule has 1 aliphatic rings. The first-order valence-corrected chi connectivity index (χ1v) is 7.17. The van der Waals surface area contributed by atoms with Crippen LogP contribution in [-0.4, -0.2) is 17.4 Å². The van der Waals surface area contributed by atoms with Gasteiger partial charge >= 0.3 is 0 Å². The Morgan fingerprint density at radius 3 is 3.05 bits per heavy atom. The third kappa shape index (κ3) is 1.60. The van der Waals surface area contributed by atoms with E-state index in [1.807, 2.05) is 40.6 Å². The van der Waals surface area contributed by atoms with Crippen LogP contribution in [0.15, 0.2) is 41.8 Å². The van der Waals surface area contributed by atoms with Crippen molar-refractivity contribution in [1.29, 1.82) is 0 Å². The fraction of sp³-hybridized carbons (Fsp3) is 0.133. The minimum atomic E-state index is 0.0633. The Morgan fingerprint density at radius 2 is 2.16 bits per heavy atom. The zero-order valence-corrected chi connectivity index (χ0v) is 11.0. The fourth-order valence-electron chi connectivity index (χ4n) is 2.66. The smallest absolute Gasteiger partial charge is 0.274 e. The summed E-state index contributed by atoms with van der Waals surface area (Å²) in [4.78, 5) is 17.6. The van der Waals surface area contributed by atoms with Crippen LogP contribution in [0.25, 0.3) is 10.2 Å². The molecule has 4 heteroatoms. The van der Waals surface area contributed by atoms with Crippen molar-refractivity contribution in [2.45, 2.75) is 6.42 Å². The Labute approximate surface area is 114 Å². The highest BCUT2D eigenvalue weighted by atomic mass is 32.1. The van der Waals surface area contributed by atoms with E-state index in [4.69, 9.17) is 0 Å². The molecule has 94 valence electrons. The van der Waals surface area contributed by atoms with Crippen molar-refractivity contribution >= 4 is 33.1 Å². The molecule has 0 atom stereocenters. The zero-order valence-electron chi connectivity index (χ0n) is 10.2. The average Bonchev–Trinajstić information content (AvgIpc) is 3.11. The third-order valence-corrected chi connectivity index (χ3v) is 4.47. The Kier molecular flexibility index (Phi) is 2.26. The molecule has 0 radical (unpaired) electrons. The molecular weight excluding hydrogens is 256 g/mol. The standard InChI is InChI=1S/C15H12N2OS/c18-15(12-9-14-11(16-12)6-8-19-14)17-7-5-10-3-1-2-4-13(10)17/h1-4,6,8-9,16H,5,7H2. The normalized spacial score (nSPS) is 14.0. The first-order chi connectivity index (χ1) is 9.33. The number of aromatic amines is 1. The van der Waals surface area contributed by atoms with Gasteiger partial charge in [-0.1, -0.05) is 18.2 Å². The number of carbonyl (C=O) groups excluding carboxylic acids is 1. The number of nitrogens with one attached hydrogen (secondary N) is 1. The molecule has 0 unspecified atom stereocenters. The molecule has 0 aliphatic carbocycles. The molecule has 1 amide bonds. The van der Waals surface area contributed by atoms with Gasteiger partial charge in [-0.15, -0.1) is 11.3 Å². The van der Waals surface area contributed by atoms with Crippen molar-refractivity contribution < 1.29 is 4.79 Å². The summed E-state index contributed by atoms with van der Waals surface area (Å²) in [5, 5.41) is 2.03. The summed E-state index contributed by atoms with van der Waals surface area (Å²) in [7, 11) is 0. The molecule has 0 bridgehead atoms. The number of benzene rings is 1. The second kappa shape index (κ2) is 3.96. The molecule has 3 aromatic rings. The summed E-state index contributed by atoms with van der Waals surface area (Å²) in [5.74, 6) is 0.0633. The van der Waals surface area contributed by atoms with Gasteiger partial charge < -0.3 is 9.88 Å². The highest BCUT2D eigenvalue weighted by Gasteiger charge is 2.26. The number of carbonyl (C=O) groups is 1. The Balaban J connectivity index is 1.73. The van der Waals surface area contributed by atoms with Gasteiger partial charge in [-0.2, -0.15) is 0 Å². The molecule has 3 nitrogen and oxygen atoms in total. The van der Waals surface area contributed by atoms with Gasteiger partial charge in [0, 0.05) is 12.2 Å². The van der Waals surface area contributed by atoms with Crippen LogP contribution in [0.5, 0.6) is 0 Å². The number of thiophene rings is 1. The maximum Gasteiger partial charge on any atom is 0.274 e. The minimum Gasteiger partial charge on any atom is -0.350 e. The highest BCUT2D eigenvalue weighted by Crippen LogP contribution is 2.30. The van der Waals surface area contributed by atoms with Crippen molar-refractivity contribution in [3.63, 3.8) is 0 Å². The van der Waals surface area contributed by atoms with E-state index in [9.17, 15) is 4.79 Å². The predicted molar refractivity (Wildman–Crippen MR) is 78.0 cm³/mol. The van der Waals surface area contributed by atoms with Crippen LogP contribution >= 0.6 is 11.3 Å². The van der Waals surface area contributed by atoms with Crippen LogP contribution < -0.4 is 4.90 Å². The number of hydrogen-bond acceptors (Lipinski definition) is 2. The largest absolute Gasteiger partial charge is 0.350 e. The maximum absolute atomic E-state index is 12.6. The molecule has 19 heavy (non-hydrogen) atoms. The van der Waals surface area contributed by atoms with Gasteiger partial charge in [0.1, 0.15) is 5.69 Å². The van der Waals surface area contributed by atoms with Gasteiger partial charge in [0.05, 0.1) is 10.2 Å². The van der Waals surface area contributed by atoms with Gasteiger partial charge in [-0.25, -0.2) is 0 Å². The molecule has 1 aromatic carbocycles. The van der Waals surface area contributed by atoms with E-state index in [0.29, 0.717) is 5.69 Å². The lowest BCUT2D eigenvalue weighted by atomic mass is 10.2. The molecule has 1 N–H and O–H groups in total. The van der Waals surface area contributed by atoms with Crippen LogP contribution in [0.2, 0.25) is 0 Å². The highest BCUT2D eigenvalue weighted by molar-refractivity contribution is 7.17. The number of anilines is 1. The van der Waals surface area contributed by atoms with E-state index in [1.165, 1.54) is 5.56 Å². The average molecular weight is 268 g/mol. The van der Waals surface area contributed by atoms with Gasteiger partial charge in [0.25, 0.3) is 5.91 Å². The Bertz CT molecular complexity index is 743. The number of H-pyrrole nitrogens is 1. The summed E-state index contributed by atoms with van der Waals surface area (Å²) >= 11 is 1.65. The first kappa shape index (κ1) is 10.8. The molecule has 1 aliphatic heterocycles. The van der Waals surface area contributed by atoms with Gasteiger partial charge in [0.2, 0.25) is 0 Å². The van der Waals surface area contributed by atoms with E-state index < -0.39 is 0 Å². The summed E-state index contributed by atoms with van der Waals surface area (Å²) in [6, 6.07) is 12.1. The molecule has 0 saturated carbocycles. The third-order valence-electron chi connectivity index (χ3n) is 3.60. The van der Waals surface area contributed by atoms with Crippen LogP contribution in [0, 0.1) is 0 Å². The second-order valence-electron chi connectivity index (χ2n) is 4.72. The van der Waals surface area contributed by atoms with Crippen LogP contribution in [-0.2, 0) is 6.42 Å². The quantitative estimate of drug-likeness (QED) is 0.721. The van der Waals surface area contributed by atoms with Crippen LogP contribution in [0.4, 0.5) is 5.69 Å². The molecular formula is C15H12N2OS. The molecule has 2 aromatic heterocycles. The summed E-state index contributed by atoms with van der Waals surface area (Å²) in [6.07, 6.45) is 0.941. The zero-order chi connectivity index (χ0) is 12.8. The molecule has 3 heterocycles. The lowest BCUT2D eigenvalue weighted by Crippen LogP contribution is -2.29. The van der Waals surface area contributed by atoms with E-state index in [-0.39, 0.29) is 5.91 Å². The number of aromatic nitrogens is 1. The van der Waals surface area contributed by atoms with Crippen molar-refractivity contribution in [1.82, 2.24) is 4.98 Å². The number of nitrogens with zero attached hydrogens (tertiary/aromatic N) is 1. The van der Waals surface area contributed by atoms with Crippen molar-refractivity contribution in [3.8, 4) is 0 Å². The van der Waals surface area contributed by atoms with Crippen LogP contribution in [0.3, 0.4) is 0 Å². The predicted octanol–water partition coefficient (Wildman–Crippen LogP) is 3.43. The SMILES string of the molecule is O=C(c1cc2sccc2[nH]1)N1CCc2ccccc21. The molecule has 0 spiro atoms. The summed E-state index contributed by atoms with van der Waals surface area (Å²) in [5.41, 5.74) is 4.02. The first-order valence-electron chi connectivity index (χ1n) is 6.29. The van der Waals surface area contributed by atoms with Crippen molar-refractivity contribution in [2.75, 3.05) is 11.4 Å². The second-order valence-corrected chi connectivity index (χ2v) is 5.66. The summed E-state index contributed by atoms with van der Waals surface area (Å²) in [6.45, 7) is 0.769. The monoisotopic (exact) mass is 268 g/mol. The Morgan fingerprint density at radius 1 is 1.26 bits per heavy atom. The number of rotatable bonds is 1. The maximum atomic E-state index is 12.6. The van der Waals surface area contributed by atoms with Crippen LogP contribution in [0.1, 0.15) is 16.1 Å². The summed E-state index contributed by atoms with van der Waals surface area (Å²) < 4.78 is 1.14. The van der Waals surface area contributed by atoms with E-state index in [0.717, 1.165) is 28.9 Å². The minimum absolute atomic E-state index is 0.0633. The number of fused-ring (bicyclic) bond motifs is 2. The number of amides is 1. The van der Waals surface area contributed by atoms with Gasteiger partial charge in [-0.05, 0) is 35.6 Å². The molecule has 0 saturated heterocycles.